The Morgan fingerprint density at radius 3 is 1.13 bits per heavy atom. The van der Waals surface area contributed by atoms with Crippen molar-refractivity contribution in [2.24, 2.45) is 0 Å². The third-order valence-electron chi connectivity index (χ3n) is 18.9. The third-order valence-corrected chi connectivity index (χ3v) is 18.9. The van der Waals surface area contributed by atoms with Gasteiger partial charge in [0, 0.05) is 124 Å². The Bertz CT molecular complexity index is 3730. The number of anilines is 6. The molecule has 0 fully saturated rings. The highest BCUT2D eigenvalue weighted by Gasteiger charge is 2.55. The molecule has 2 unspecified atom stereocenters. The van der Waals surface area contributed by atoms with Gasteiger partial charge in [0.15, 0.2) is 11.2 Å². The van der Waals surface area contributed by atoms with E-state index < -0.39 is 11.2 Å². The molecule has 2 spiro atoms. The second-order valence-corrected chi connectivity index (χ2v) is 25.0. The Hall–Kier alpha value is -9.02. The van der Waals surface area contributed by atoms with Gasteiger partial charge in [-0.3, -0.25) is 0 Å². The lowest BCUT2D eigenvalue weighted by atomic mass is 9.77. The van der Waals surface area contributed by atoms with Crippen molar-refractivity contribution in [2.45, 2.75) is 123 Å². The first kappa shape index (κ1) is 60.3. The van der Waals surface area contributed by atoms with Crippen LogP contribution in [0.1, 0.15) is 169 Å². The number of hydrogen-bond acceptors (Lipinski definition) is 10. The van der Waals surface area contributed by atoms with Crippen LogP contribution in [0.3, 0.4) is 0 Å². The van der Waals surface area contributed by atoms with Crippen LogP contribution < -0.4 is 29.1 Å². The molecule has 89 heavy (non-hydrogen) atoms. The van der Waals surface area contributed by atoms with Gasteiger partial charge in [-0.05, 0) is 147 Å². The van der Waals surface area contributed by atoms with Crippen LogP contribution in [0.5, 0.6) is 23.0 Å². The summed E-state index contributed by atoms with van der Waals surface area (Å²) in [7, 11) is 0. The number of unbranched alkanes of at least 4 members (excludes halogenated alkanes) is 4. The Morgan fingerprint density at radius 1 is 0.427 bits per heavy atom. The van der Waals surface area contributed by atoms with E-state index in [2.05, 4.69) is 197 Å². The van der Waals surface area contributed by atoms with Crippen LogP contribution in [0.4, 0.5) is 34.1 Å². The fourth-order valence-electron chi connectivity index (χ4n) is 13.9. The molecule has 4 heterocycles. The fourth-order valence-corrected chi connectivity index (χ4v) is 13.9. The van der Waals surface area contributed by atoms with E-state index in [-0.39, 0.29) is 17.4 Å². The van der Waals surface area contributed by atoms with Gasteiger partial charge in [0.25, 0.3) is 0 Å². The summed E-state index contributed by atoms with van der Waals surface area (Å²) in [5.74, 6) is 2.02. The van der Waals surface area contributed by atoms with Gasteiger partial charge in [0.05, 0.1) is 11.1 Å². The number of rotatable bonds is 24. The van der Waals surface area contributed by atoms with Gasteiger partial charge in [-0.1, -0.05) is 140 Å². The normalized spacial score (nSPS) is 16.4. The number of carbonyl (C=O) groups excluding carboxylic acids is 2. The quantitative estimate of drug-likeness (QED) is 0.0431. The topological polar surface area (TPSA) is 84.0 Å². The molecule has 0 amide bonds. The molecule has 0 saturated carbocycles. The van der Waals surface area contributed by atoms with E-state index in [1.165, 1.54) is 0 Å². The largest absolute Gasteiger partial charge is 0.456 e. The number of aryl methyl sites for hydroxylation is 2. The minimum atomic E-state index is -1.22. The molecule has 8 aromatic carbocycles. The monoisotopic (exact) mass is 1180 g/mol. The fraction of sp³-hybridized carbons (Fsp3) is 0.316. The number of carbonyl (C=O) groups is 2. The second-order valence-electron chi connectivity index (χ2n) is 25.0. The summed E-state index contributed by atoms with van der Waals surface area (Å²) >= 11 is 0. The third kappa shape index (κ3) is 10.5. The van der Waals surface area contributed by atoms with Crippen molar-refractivity contribution in [3.05, 3.63) is 250 Å². The highest BCUT2D eigenvalue weighted by atomic mass is 16.6. The molecule has 456 valence electrons. The van der Waals surface area contributed by atoms with Crippen LogP contribution in [0.25, 0.3) is 0 Å². The van der Waals surface area contributed by atoms with Crippen molar-refractivity contribution in [2.75, 3.05) is 58.9 Å². The summed E-state index contributed by atoms with van der Waals surface area (Å²) in [5, 5.41) is 0. The molecule has 0 aromatic heterocycles. The van der Waals surface area contributed by atoms with Crippen LogP contribution >= 0.6 is 0 Å². The van der Waals surface area contributed by atoms with Crippen molar-refractivity contribution in [1.29, 1.82) is 0 Å². The van der Waals surface area contributed by atoms with Crippen molar-refractivity contribution in [3.63, 3.8) is 0 Å². The Kier molecular flexibility index (Phi) is 16.8. The molecule has 10 heteroatoms. The lowest BCUT2D eigenvalue weighted by molar-refractivity contribution is 0.0214. The Labute approximate surface area is 527 Å². The summed E-state index contributed by atoms with van der Waals surface area (Å²) in [4.78, 5) is 37.5. The van der Waals surface area contributed by atoms with E-state index in [0.29, 0.717) is 47.2 Å². The number of hydrogen-bond donors (Lipinski definition) is 0. The first-order valence-electron chi connectivity index (χ1n) is 32.3. The van der Waals surface area contributed by atoms with Gasteiger partial charge in [0.2, 0.25) is 0 Å². The van der Waals surface area contributed by atoms with E-state index >= 15 is 0 Å². The number of ether oxygens (including phenoxy) is 4. The minimum Gasteiger partial charge on any atom is -0.456 e. The SMILES string of the molecule is C=CCN(c1ccc(C(C)(C)c2ccc(N(CC=C)c3cc4c(cc3C)Oc3cc(N(CCCC)CCCC)ccc3C43OC(=O)c4ccccc43)cc2)cc1)c1cc2c(cc1C)Oc1cc(N(CCCC)CCCC)ccc1C21OC(=O)c2ccccc21. The van der Waals surface area contributed by atoms with Gasteiger partial charge >= 0.3 is 11.9 Å². The molecule has 0 bridgehead atoms. The maximum Gasteiger partial charge on any atom is 0.340 e. The average molecular weight is 1190 g/mol. The molecule has 0 radical (unpaired) electrons. The minimum absolute atomic E-state index is 0.352. The molecule has 12 rings (SSSR count). The van der Waals surface area contributed by atoms with E-state index in [9.17, 15) is 9.59 Å². The van der Waals surface area contributed by atoms with Gasteiger partial charge in [-0.25, -0.2) is 9.59 Å². The standard InChI is InChI=1S/C79H84N4O6/c1-11-17-43-80(44-18-12-2)59-37-39-65-73(49-59)86-71-47-53(7)69(51-67(71)78(65)63-27-23-21-25-61(63)75(84)88-78)82(41-15-5)57-33-29-55(30-34-57)77(9,10)56-31-35-58(36-32-56)83(42-16-6)70-52-68-72(48-54(70)8)87-74-50-60(81(45-19-13-3)46-20-14-4)38-40-66(74)79(68)64-28-24-22-26-62(64)76(85)89-79/h15-16,21-40,47-52H,5-6,11-14,17-20,41-46H2,1-4,7-10H3. The van der Waals surface area contributed by atoms with E-state index in [0.717, 1.165) is 167 Å². The maximum absolute atomic E-state index is 14.0. The maximum atomic E-state index is 14.0. The zero-order valence-electron chi connectivity index (χ0n) is 53.2. The summed E-state index contributed by atoms with van der Waals surface area (Å²) in [6, 6.07) is 54.6. The smallest absolute Gasteiger partial charge is 0.340 e. The predicted molar refractivity (Wildman–Crippen MR) is 362 cm³/mol. The van der Waals surface area contributed by atoms with Gasteiger partial charge in [-0.15, -0.1) is 13.2 Å². The van der Waals surface area contributed by atoms with Crippen LogP contribution in [-0.2, 0) is 26.1 Å². The second kappa shape index (κ2) is 24.9. The van der Waals surface area contributed by atoms with E-state index in [4.69, 9.17) is 18.9 Å². The Balaban J connectivity index is 0.850. The summed E-state index contributed by atoms with van der Waals surface area (Å²) in [5.41, 5.74) is 13.5. The van der Waals surface area contributed by atoms with Crippen molar-refractivity contribution >= 4 is 46.1 Å². The Morgan fingerprint density at radius 2 is 0.775 bits per heavy atom. The molecular formula is C79H84N4O6. The molecule has 0 aliphatic carbocycles. The number of fused-ring (bicyclic) bond motifs is 12. The molecule has 4 aliphatic heterocycles. The molecule has 10 nitrogen and oxygen atoms in total. The zero-order chi connectivity index (χ0) is 62.2. The first-order valence-corrected chi connectivity index (χ1v) is 32.3. The predicted octanol–water partition coefficient (Wildman–Crippen LogP) is 19.2. The average Bonchev–Trinajstić information content (AvgIpc) is 1.76. The van der Waals surface area contributed by atoms with Crippen molar-refractivity contribution < 1.29 is 28.5 Å². The summed E-state index contributed by atoms with van der Waals surface area (Å²) in [6.07, 6.45) is 12.7. The molecule has 8 aromatic rings. The highest BCUT2D eigenvalue weighted by molar-refractivity contribution is 5.98. The van der Waals surface area contributed by atoms with E-state index in [1.54, 1.807) is 0 Å². The number of esters is 2. The molecule has 0 saturated heterocycles. The van der Waals surface area contributed by atoms with Gasteiger partial charge in [0.1, 0.15) is 23.0 Å². The van der Waals surface area contributed by atoms with Crippen LogP contribution in [-0.4, -0.2) is 51.2 Å². The van der Waals surface area contributed by atoms with Crippen LogP contribution in [0.15, 0.2) is 183 Å². The highest BCUT2D eigenvalue weighted by Crippen LogP contribution is 2.60. The number of benzene rings is 8. The number of nitrogens with zero attached hydrogens (tertiary/aromatic N) is 4. The molecule has 4 aliphatic rings. The van der Waals surface area contributed by atoms with Crippen molar-refractivity contribution in [3.8, 4) is 23.0 Å². The van der Waals surface area contributed by atoms with E-state index in [1.807, 2.05) is 60.7 Å². The molecular weight excluding hydrogens is 1100 g/mol. The lowest BCUT2D eigenvalue weighted by Crippen LogP contribution is -2.34. The van der Waals surface area contributed by atoms with Gasteiger partial charge in [-0.2, -0.15) is 0 Å². The molecule has 0 N–H and O–H groups in total. The zero-order valence-corrected chi connectivity index (χ0v) is 53.2. The van der Waals surface area contributed by atoms with Crippen LogP contribution in [0.2, 0.25) is 0 Å². The van der Waals surface area contributed by atoms with Crippen molar-refractivity contribution in [1.82, 2.24) is 0 Å². The molecule has 2 atom stereocenters. The van der Waals surface area contributed by atoms with Gasteiger partial charge < -0.3 is 38.5 Å². The first-order chi connectivity index (χ1) is 43.2. The summed E-state index contributed by atoms with van der Waals surface area (Å²) in [6.45, 7) is 31.0. The van der Waals surface area contributed by atoms with Crippen LogP contribution in [0, 0.1) is 13.8 Å². The summed E-state index contributed by atoms with van der Waals surface area (Å²) < 4.78 is 27.4. The lowest BCUT2D eigenvalue weighted by Gasteiger charge is -2.38.